The van der Waals surface area contributed by atoms with Crippen LogP contribution in [-0.2, 0) is 10.0 Å². The first-order valence-electron chi connectivity index (χ1n) is 8.91. The van der Waals surface area contributed by atoms with Crippen LogP contribution in [0, 0.1) is 23.5 Å². The summed E-state index contributed by atoms with van der Waals surface area (Å²) in [7, 11) is -4.48. The van der Waals surface area contributed by atoms with E-state index in [0.29, 0.717) is 0 Å². The number of carbonyl (C=O) groups is 1. The van der Waals surface area contributed by atoms with Crippen molar-refractivity contribution in [2.24, 2.45) is 0 Å². The fraction of sp³-hybridized carbons (Fsp3) is 0.294. The minimum absolute atomic E-state index is 0.274. The van der Waals surface area contributed by atoms with Crippen molar-refractivity contribution >= 4 is 21.7 Å². The second kappa shape index (κ2) is 8.92. The number of anilines is 1. The quantitative estimate of drug-likeness (QED) is 0.511. The second-order valence-corrected chi connectivity index (χ2v) is 8.26. The topological polar surface area (TPSA) is 91.8 Å². The lowest BCUT2D eigenvalue weighted by Gasteiger charge is -2.36. The number of carbonyl (C=O) groups excluding carboxylic acids is 1. The Morgan fingerprint density at radius 2 is 1.45 bits per heavy atom. The van der Waals surface area contributed by atoms with Crippen molar-refractivity contribution in [1.29, 1.82) is 0 Å². The highest BCUT2D eigenvalue weighted by Gasteiger charge is 2.32. The molecule has 8 nitrogen and oxygen atoms in total. The van der Waals surface area contributed by atoms with E-state index in [4.69, 9.17) is 0 Å². The zero-order valence-corrected chi connectivity index (χ0v) is 17.0. The van der Waals surface area contributed by atoms with Crippen LogP contribution >= 0.6 is 0 Å². The van der Waals surface area contributed by atoms with Gasteiger partial charge < -0.3 is 14.5 Å². The van der Waals surface area contributed by atoms with E-state index in [9.17, 15) is 43.9 Å². The Kier molecular flexibility index (Phi) is 6.58. The second-order valence-electron chi connectivity index (χ2n) is 6.57. The van der Waals surface area contributed by atoms with Crippen LogP contribution in [0.5, 0.6) is 5.75 Å². The van der Waals surface area contributed by atoms with Crippen LogP contribution in [0.2, 0.25) is 0 Å². The van der Waals surface area contributed by atoms with Crippen molar-refractivity contribution in [2.45, 2.75) is 11.3 Å². The number of rotatable bonds is 4. The summed E-state index contributed by atoms with van der Waals surface area (Å²) in [5.41, 5.74) is -1.01. The molecule has 0 saturated carbocycles. The van der Waals surface area contributed by atoms with E-state index in [-0.39, 0.29) is 26.2 Å². The highest BCUT2D eigenvalue weighted by atomic mass is 32.2. The van der Waals surface area contributed by atoms with Crippen LogP contribution in [-0.4, -0.2) is 56.9 Å². The number of urea groups is 1. The molecule has 1 N–H and O–H groups in total. The molecule has 3 rings (SSSR count). The number of hydrogen-bond acceptors (Lipinski definition) is 6. The van der Waals surface area contributed by atoms with Crippen LogP contribution in [0.1, 0.15) is 0 Å². The normalized spacial score (nSPS) is 14.9. The zero-order chi connectivity index (χ0) is 24.6. The Balaban J connectivity index is 1.65. The molecule has 1 aliphatic rings. The minimum Gasteiger partial charge on any atom is -0.406 e. The number of nitrogens with zero attached hydrogens (tertiary/aromatic N) is 3. The van der Waals surface area contributed by atoms with Crippen molar-refractivity contribution in [3.63, 3.8) is 0 Å². The summed E-state index contributed by atoms with van der Waals surface area (Å²) in [6.45, 7) is -1.14. The smallest absolute Gasteiger partial charge is 0.406 e. The van der Waals surface area contributed by atoms with E-state index in [0.717, 1.165) is 34.1 Å². The fourth-order valence-corrected chi connectivity index (χ4v) is 3.92. The van der Waals surface area contributed by atoms with Crippen LogP contribution in [0.3, 0.4) is 0 Å². The molecule has 33 heavy (non-hydrogen) atoms. The zero-order valence-electron chi connectivity index (χ0n) is 16.2. The Morgan fingerprint density at radius 1 is 0.939 bits per heavy atom. The summed E-state index contributed by atoms with van der Waals surface area (Å²) < 4.78 is 121. The van der Waals surface area contributed by atoms with E-state index < -0.39 is 62.3 Å². The van der Waals surface area contributed by atoms with Crippen LogP contribution in [0.15, 0.2) is 29.2 Å². The van der Waals surface area contributed by atoms with E-state index in [2.05, 4.69) is 9.72 Å². The van der Waals surface area contributed by atoms with Crippen molar-refractivity contribution in [3.05, 3.63) is 47.8 Å². The molecular formula is C17H13F7N4O4S. The van der Waals surface area contributed by atoms with Gasteiger partial charge in [-0.05, 0) is 24.3 Å². The lowest BCUT2D eigenvalue weighted by Crippen LogP contribution is -2.53. The highest BCUT2D eigenvalue weighted by Crippen LogP contribution is 2.27. The van der Waals surface area contributed by atoms with Crippen molar-refractivity contribution in [2.75, 3.05) is 31.1 Å². The maximum absolute atomic E-state index is 13.9. The number of alkyl halides is 3. The highest BCUT2D eigenvalue weighted by molar-refractivity contribution is 7.90. The summed E-state index contributed by atoms with van der Waals surface area (Å²) in [6, 6.07) is 1.92. The standard InChI is InChI=1S/C17H13F7N4O4S/c18-11-13(12(19)15(21)25-14(11)20)27-5-7-28(8-6-27)16(29)26-33(30,31)10-3-1-9(2-4-10)32-17(22,23)24/h1-4H,5-8H2,(H,26,29). The molecule has 0 atom stereocenters. The van der Waals surface area contributed by atoms with Crippen molar-refractivity contribution < 1.29 is 48.7 Å². The Labute approximate surface area is 181 Å². The van der Waals surface area contributed by atoms with Crippen LogP contribution in [0.25, 0.3) is 0 Å². The maximum Gasteiger partial charge on any atom is 0.573 e. The molecule has 2 aromatic rings. The molecule has 0 spiro atoms. The summed E-state index contributed by atoms with van der Waals surface area (Å²) in [5, 5.41) is 0. The van der Waals surface area contributed by atoms with Crippen molar-refractivity contribution in [1.82, 2.24) is 14.6 Å². The number of nitrogens with one attached hydrogen (secondary N) is 1. The first-order valence-corrected chi connectivity index (χ1v) is 10.4. The molecule has 1 fully saturated rings. The van der Waals surface area contributed by atoms with Gasteiger partial charge in [0.25, 0.3) is 21.9 Å². The van der Waals surface area contributed by atoms with Gasteiger partial charge in [0.2, 0.25) is 11.6 Å². The molecule has 1 aliphatic heterocycles. The molecular weight excluding hydrogens is 489 g/mol. The lowest BCUT2D eigenvalue weighted by atomic mass is 10.2. The van der Waals surface area contributed by atoms with Crippen LogP contribution in [0.4, 0.5) is 41.2 Å². The molecule has 0 aliphatic carbocycles. The number of ether oxygens (including phenoxy) is 1. The SMILES string of the molecule is O=C(NS(=O)(=O)c1ccc(OC(F)(F)F)cc1)N1CCN(c2c(F)c(F)nc(F)c2F)CC1. The van der Waals surface area contributed by atoms with E-state index >= 15 is 0 Å². The van der Waals surface area contributed by atoms with Crippen LogP contribution < -0.4 is 14.4 Å². The number of amides is 2. The third-order valence-corrected chi connectivity index (χ3v) is 5.78. The Hall–Kier alpha value is -3.30. The molecule has 1 aromatic heterocycles. The van der Waals surface area contributed by atoms with Crippen molar-refractivity contribution in [3.8, 4) is 5.75 Å². The van der Waals surface area contributed by atoms with Gasteiger partial charge in [0.05, 0.1) is 4.90 Å². The number of hydrogen-bond donors (Lipinski definition) is 1. The van der Waals surface area contributed by atoms with Gasteiger partial charge in [-0.2, -0.15) is 22.5 Å². The van der Waals surface area contributed by atoms with E-state index in [1.54, 1.807) is 4.72 Å². The molecule has 0 unspecified atom stereocenters. The molecule has 0 bridgehead atoms. The molecule has 180 valence electrons. The van der Waals surface area contributed by atoms with E-state index in [1.807, 2.05) is 0 Å². The number of piperazine rings is 1. The summed E-state index contributed by atoms with van der Waals surface area (Å²) in [4.78, 5) is 16.1. The monoisotopic (exact) mass is 502 g/mol. The summed E-state index contributed by atoms with van der Waals surface area (Å²) >= 11 is 0. The molecule has 1 saturated heterocycles. The average Bonchev–Trinajstić information content (AvgIpc) is 2.72. The molecule has 2 amide bonds. The van der Waals surface area contributed by atoms with Gasteiger partial charge in [-0.1, -0.05) is 0 Å². The van der Waals surface area contributed by atoms with Gasteiger partial charge in [0.1, 0.15) is 11.4 Å². The average molecular weight is 502 g/mol. The van der Waals surface area contributed by atoms with Gasteiger partial charge in [0.15, 0.2) is 0 Å². The molecule has 1 aromatic carbocycles. The minimum atomic E-state index is -4.98. The number of sulfonamides is 1. The molecule has 16 heteroatoms. The van der Waals surface area contributed by atoms with Gasteiger partial charge in [-0.3, -0.25) is 0 Å². The molecule has 2 heterocycles. The third kappa shape index (κ3) is 5.55. The van der Waals surface area contributed by atoms with Gasteiger partial charge in [0, 0.05) is 26.2 Å². The number of benzene rings is 1. The van der Waals surface area contributed by atoms with Gasteiger partial charge in [-0.15, -0.1) is 13.2 Å². The first-order chi connectivity index (χ1) is 15.3. The van der Waals surface area contributed by atoms with Gasteiger partial charge in [-0.25, -0.2) is 17.9 Å². The van der Waals surface area contributed by atoms with E-state index in [1.165, 1.54) is 0 Å². The largest absolute Gasteiger partial charge is 0.573 e. The Bertz CT molecular complexity index is 1130. The maximum atomic E-state index is 13.9. The third-order valence-electron chi connectivity index (χ3n) is 4.45. The number of aromatic nitrogens is 1. The number of pyridine rings is 1. The summed E-state index contributed by atoms with van der Waals surface area (Å²) in [5.74, 6) is -7.80. The lowest BCUT2D eigenvalue weighted by molar-refractivity contribution is -0.274. The fourth-order valence-electron chi connectivity index (χ4n) is 2.95. The predicted molar refractivity (Wildman–Crippen MR) is 96.7 cm³/mol. The first kappa shape index (κ1) is 24.3. The Morgan fingerprint density at radius 3 is 1.94 bits per heavy atom. The molecule has 0 radical (unpaired) electrons. The van der Waals surface area contributed by atoms with Gasteiger partial charge >= 0.3 is 12.4 Å². The number of halogens is 7. The predicted octanol–water partition coefficient (Wildman–Crippen LogP) is 2.76. The summed E-state index contributed by atoms with van der Waals surface area (Å²) in [6.07, 6.45) is -4.98.